The molecule has 0 aromatic rings. The van der Waals surface area contributed by atoms with Crippen molar-refractivity contribution in [2.75, 3.05) is 19.8 Å². The molecule has 0 rings (SSSR count). The summed E-state index contributed by atoms with van der Waals surface area (Å²) in [6, 6.07) is 0. The van der Waals surface area contributed by atoms with E-state index in [0.29, 0.717) is 19.1 Å². The number of carbonyl (C=O) groups is 1. The zero-order valence-electron chi connectivity index (χ0n) is 11.0. The van der Waals surface area contributed by atoms with Crippen LogP contribution in [0.25, 0.3) is 0 Å². The van der Waals surface area contributed by atoms with Gasteiger partial charge in [-0.1, -0.05) is 13.8 Å². The molecule has 0 atom stereocenters. The Balaban J connectivity index is 5.00. The van der Waals surface area contributed by atoms with E-state index in [1.165, 1.54) is 0 Å². The van der Waals surface area contributed by atoms with Crippen LogP contribution in [0.4, 0.5) is 0 Å². The molecule has 0 fully saturated rings. The van der Waals surface area contributed by atoms with Crippen LogP contribution in [0.3, 0.4) is 0 Å². The Hall–Kier alpha value is -0.840. The van der Waals surface area contributed by atoms with Crippen molar-refractivity contribution in [3.05, 3.63) is 11.6 Å². The molecule has 0 saturated carbocycles. The summed E-state index contributed by atoms with van der Waals surface area (Å²) in [5.74, 6) is -0.893. The lowest BCUT2D eigenvalue weighted by Crippen LogP contribution is -2.12. The van der Waals surface area contributed by atoms with Crippen LogP contribution in [0.15, 0.2) is 11.6 Å². The molecule has 0 heterocycles. The minimum absolute atomic E-state index is 0.109. The van der Waals surface area contributed by atoms with Crippen molar-refractivity contribution in [2.24, 2.45) is 0 Å². The van der Waals surface area contributed by atoms with Gasteiger partial charge in [0, 0.05) is 0 Å². The SMILES string of the molecule is CCCOP(=O)(OCCC)/C(=C/O)C(=O)OCC. The molecular formula is C11H21O6P. The third-order valence-corrected chi connectivity index (χ3v) is 3.77. The van der Waals surface area contributed by atoms with Crippen molar-refractivity contribution in [1.82, 2.24) is 0 Å². The van der Waals surface area contributed by atoms with E-state index in [4.69, 9.17) is 18.9 Å². The van der Waals surface area contributed by atoms with E-state index in [2.05, 4.69) is 0 Å². The second kappa shape index (κ2) is 9.14. The topological polar surface area (TPSA) is 82.1 Å². The van der Waals surface area contributed by atoms with Crippen LogP contribution in [0.5, 0.6) is 0 Å². The highest BCUT2D eigenvalue weighted by Crippen LogP contribution is 2.56. The molecule has 18 heavy (non-hydrogen) atoms. The molecule has 0 unspecified atom stereocenters. The zero-order valence-corrected chi connectivity index (χ0v) is 11.9. The number of hydrogen-bond donors (Lipinski definition) is 1. The molecule has 0 spiro atoms. The molecule has 106 valence electrons. The lowest BCUT2D eigenvalue weighted by molar-refractivity contribution is -0.138. The predicted molar refractivity (Wildman–Crippen MR) is 67.4 cm³/mol. The fourth-order valence-electron chi connectivity index (χ4n) is 1.04. The molecule has 1 N–H and O–H groups in total. The Labute approximate surface area is 107 Å². The Bertz CT molecular complexity index is 313. The molecule has 6 nitrogen and oxygen atoms in total. The highest BCUT2D eigenvalue weighted by Gasteiger charge is 2.36. The maximum atomic E-state index is 12.4. The minimum atomic E-state index is -3.81. The fraction of sp³-hybridized carbons (Fsp3) is 0.727. The normalized spacial score (nSPS) is 12.5. The highest BCUT2D eigenvalue weighted by atomic mass is 31.2. The first kappa shape index (κ1) is 17.2. The largest absolute Gasteiger partial charge is 0.514 e. The van der Waals surface area contributed by atoms with E-state index in [-0.39, 0.29) is 19.8 Å². The highest BCUT2D eigenvalue weighted by molar-refractivity contribution is 7.59. The molecule has 0 radical (unpaired) electrons. The molecule has 0 aliphatic rings. The molecule has 0 aliphatic carbocycles. The van der Waals surface area contributed by atoms with Crippen LogP contribution in [0.2, 0.25) is 0 Å². The summed E-state index contributed by atoms with van der Waals surface area (Å²) in [5, 5.41) is 8.60. The minimum Gasteiger partial charge on any atom is -0.514 e. The first-order chi connectivity index (χ1) is 8.55. The second-order valence-corrected chi connectivity index (χ2v) is 5.39. The van der Waals surface area contributed by atoms with Crippen molar-refractivity contribution in [3.8, 4) is 0 Å². The van der Waals surface area contributed by atoms with Crippen molar-refractivity contribution in [1.29, 1.82) is 0 Å². The summed E-state index contributed by atoms with van der Waals surface area (Å²) in [5.41, 5.74) is 0. The molecule has 0 aliphatic heterocycles. The van der Waals surface area contributed by atoms with Crippen molar-refractivity contribution < 1.29 is 28.3 Å². The summed E-state index contributed by atoms with van der Waals surface area (Å²) in [6.07, 6.45) is 1.66. The van der Waals surface area contributed by atoms with Crippen LogP contribution in [-0.4, -0.2) is 30.9 Å². The number of ether oxygens (including phenoxy) is 1. The first-order valence-electron chi connectivity index (χ1n) is 5.96. The van der Waals surface area contributed by atoms with Gasteiger partial charge in [-0.2, -0.15) is 0 Å². The number of hydrogen-bond acceptors (Lipinski definition) is 6. The smallest absolute Gasteiger partial charge is 0.371 e. The summed E-state index contributed by atoms with van der Waals surface area (Å²) in [7, 11) is -3.81. The lowest BCUT2D eigenvalue weighted by atomic mass is 10.5. The quantitative estimate of drug-likeness (QED) is 0.302. The summed E-state index contributed by atoms with van der Waals surface area (Å²) >= 11 is 0. The molecule has 0 aromatic heterocycles. The average molecular weight is 280 g/mol. The van der Waals surface area contributed by atoms with Gasteiger partial charge in [0.05, 0.1) is 19.8 Å². The van der Waals surface area contributed by atoms with Gasteiger partial charge in [0.25, 0.3) is 0 Å². The summed E-state index contributed by atoms with van der Waals surface area (Å²) < 4.78 is 27.3. The van der Waals surface area contributed by atoms with E-state index >= 15 is 0 Å². The number of rotatable bonds is 9. The van der Waals surface area contributed by atoms with Gasteiger partial charge in [-0.25, -0.2) is 4.79 Å². The standard InChI is InChI=1S/C11H21O6P/c1-4-7-16-18(14,17-8-5-2)10(9-12)11(13)15-6-3/h9,12H,4-8H2,1-3H3/b10-9+. The van der Waals surface area contributed by atoms with Gasteiger partial charge in [-0.05, 0) is 19.8 Å². The molecule has 0 amide bonds. The Morgan fingerprint density at radius 3 is 2.00 bits per heavy atom. The Kier molecular flexibility index (Phi) is 8.71. The van der Waals surface area contributed by atoms with Gasteiger partial charge < -0.3 is 18.9 Å². The Morgan fingerprint density at radius 1 is 1.17 bits per heavy atom. The number of esters is 1. The summed E-state index contributed by atoms with van der Waals surface area (Å²) in [4.78, 5) is 11.6. The van der Waals surface area contributed by atoms with Gasteiger partial charge in [-0.15, -0.1) is 0 Å². The van der Waals surface area contributed by atoms with E-state index < -0.39 is 18.9 Å². The Morgan fingerprint density at radius 2 is 1.67 bits per heavy atom. The average Bonchev–Trinajstić information content (AvgIpc) is 2.35. The van der Waals surface area contributed by atoms with Crippen LogP contribution in [0, 0.1) is 0 Å². The van der Waals surface area contributed by atoms with Gasteiger partial charge in [0.2, 0.25) is 0 Å². The van der Waals surface area contributed by atoms with Gasteiger partial charge in [0.15, 0.2) is 5.31 Å². The van der Waals surface area contributed by atoms with Crippen LogP contribution >= 0.6 is 7.60 Å². The van der Waals surface area contributed by atoms with E-state index in [1.54, 1.807) is 6.92 Å². The molecule has 0 bridgehead atoms. The van der Waals surface area contributed by atoms with Crippen LogP contribution in [-0.2, 0) is 23.1 Å². The van der Waals surface area contributed by atoms with Crippen molar-refractivity contribution >= 4 is 13.6 Å². The number of aliphatic hydroxyl groups excluding tert-OH is 1. The van der Waals surface area contributed by atoms with E-state index in [1.807, 2.05) is 13.8 Å². The number of aliphatic hydroxyl groups is 1. The zero-order chi connectivity index (χ0) is 14.0. The molecule has 7 heteroatoms. The maximum absolute atomic E-state index is 12.4. The predicted octanol–water partition coefficient (Wildman–Crippen LogP) is 3.00. The van der Waals surface area contributed by atoms with Crippen molar-refractivity contribution in [3.63, 3.8) is 0 Å². The first-order valence-corrected chi connectivity index (χ1v) is 7.51. The van der Waals surface area contributed by atoms with Gasteiger partial charge >= 0.3 is 13.6 Å². The van der Waals surface area contributed by atoms with Crippen LogP contribution < -0.4 is 0 Å². The second-order valence-electron chi connectivity index (χ2n) is 3.40. The lowest BCUT2D eigenvalue weighted by Gasteiger charge is -2.18. The monoisotopic (exact) mass is 280 g/mol. The van der Waals surface area contributed by atoms with E-state index in [0.717, 1.165) is 0 Å². The van der Waals surface area contributed by atoms with Crippen LogP contribution in [0.1, 0.15) is 33.6 Å². The third kappa shape index (κ3) is 5.21. The van der Waals surface area contributed by atoms with E-state index in [9.17, 15) is 9.36 Å². The fourth-order valence-corrected chi connectivity index (χ4v) is 2.67. The maximum Gasteiger partial charge on any atom is 0.371 e. The molecular weight excluding hydrogens is 259 g/mol. The molecule has 0 aromatic carbocycles. The van der Waals surface area contributed by atoms with Gasteiger partial charge in [0.1, 0.15) is 6.26 Å². The third-order valence-electron chi connectivity index (χ3n) is 1.83. The molecule has 0 saturated heterocycles. The van der Waals surface area contributed by atoms with Gasteiger partial charge in [-0.3, -0.25) is 4.57 Å². The summed E-state index contributed by atoms with van der Waals surface area (Å²) in [6.45, 7) is 5.71. The number of carbonyl (C=O) groups excluding carboxylic acids is 1. The van der Waals surface area contributed by atoms with Crippen molar-refractivity contribution in [2.45, 2.75) is 33.6 Å².